The molecule has 0 aromatic heterocycles. The second-order valence-corrected chi connectivity index (χ2v) is 2.46. The van der Waals surface area contributed by atoms with Crippen LogP contribution in [0.5, 0.6) is 0 Å². The highest BCUT2D eigenvalue weighted by Crippen LogP contribution is 2.14. The SMILES string of the molecule is CC[CH]c1cccc([N+](=O)[O-])c1. The molecule has 3 heteroatoms. The molecule has 0 unspecified atom stereocenters. The quantitative estimate of drug-likeness (QED) is 0.509. The molecule has 0 aliphatic rings. The first-order valence-electron chi connectivity index (χ1n) is 3.81. The molecule has 0 N–H and O–H groups in total. The maximum atomic E-state index is 10.3. The molecular weight excluding hydrogens is 154 g/mol. The van der Waals surface area contributed by atoms with Crippen LogP contribution >= 0.6 is 0 Å². The zero-order valence-corrected chi connectivity index (χ0v) is 6.86. The van der Waals surface area contributed by atoms with Crippen LogP contribution in [0.25, 0.3) is 0 Å². The van der Waals surface area contributed by atoms with Crippen LogP contribution in [0.4, 0.5) is 5.69 Å². The first-order valence-corrected chi connectivity index (χ1v) is 3.81. The third kappa shape index (κ3) is 2.05. The topological polar surface area (TPSA) is 43.1 Å². The Morgan fingerprint density at radius 2 is 2.33 bits per heavy atom. The van der Waals surface area contributed by atoms with E-state index in [0.29, 0.717) is 0 Å². The van der Waals surface area contributed by atoms with Gasteiger partial charge in [0, 0.05) is 12.1 Å². The lowest BCUT2D eigenvalue weighted by atomic mass is 10.1. The molecule has 12 heavy (non-hydrogen) atoms. The molecule has 0 atom stereocenters. The molecule has 1 aromatic rings. The Kier molecular flexibility index (Phi) is 2.80. The van der Waals surface area contributed by atoms with Gasteiger partial charge in [0.2, 0.25) is 0 Å². The van der Waals surface area contributed by atoms with Crippen molar-refractivity contribution in [1.82, 2.24) is 0 Å². The Morgan fingerprint density at radius 3 is 2.92 bits per heavy atom. The third-order valence-electron chi connectivity index (χ3n) is 1.52. The van der Waals surface area contributed by atoms with E-state index in [4.69, 9.17) is 0 Å². The van der Waals surface area contributed by atoms with Gasteiger partial charge in [-0.05, 0) is 18.4 Å². The van der Waals surface area contributed by atoms with Crippen molar-refractivity contribution >= 4 is 5.69 Å². The third-order valence-corrected chi connectivity index (χ3v) is 1.52. The zero-order valence-electron chi connectivity index (χ0n) is 6.86. The molecule has 0 bridgehead atoms. The lowest BCUT2D eigenvalue weighted by Gasteiger charge is -1.96. The predicted octanol–water partition coefficient (Wildman–Crippen LogP) is 2.56. The van der Waals surface area contributed by atoms with Gasteiger partial charge in [-0.15, -0.1) is 0 Å². The molecule has 1 aromatic carbocycles. The lowest BCUT2D eigenvalue weighted by molar-refractivity contribution is -0.384. The summed E-state index contributed by atoms with van der Waals surface area (Å²) in [6, 6.07) is 6.62. The summed E-state index contributed by atoms with van der Waals surface area (Å²) in [6.45, 7) is 2.00. The Hall–Kier alpha value is -1.38. The summed E-state index contributed by atoms with van der Waals surface area (Å²) in [5.41, 5.74) is 1.06. The molecular formula is C9H10NO2. The van der Waals surface area contributed by atoms with Gasteiger partial charge in [-0.2, -0.15) is 0 Å². The van der Waals surface area contributed by atoms with Crippen molar-refractivity contribution in [3.05, 3.63) is 46.4 Å². The molecule has 1 rings (SSSR count). The van der Waals surface area contributed by atoms with E-state index < -0.39 is 0 Å². The Morgan fingerprint density at radius 1 is 1.58 bits per heavy atom. The minimum absolute atomic E-state index is 0.150. The van der Waals surface area contributed by atoms with E-state index in [0.717, 1.165) is 12.0 Å². The molecule has 0 spiro atoms. The van der Waals surface area contributed by atoms with Gasteiger partial charge >= 0.3 is 0 Å². The number of hydrogen-bond donors (Lipinski definition) is 0. The fourth-order valence-electron chi connectivity index (χ4n) is 1.00. The van der Waals surface area contributed by atoms with Gasteiger partial charge in [-0.3, -0.25) is 10.1 Å². The average Bonchev–Trinajstić information content (AvgIpc) is 2.05. The van der Waals surface area contributed by atoms with Crippen LogP contribution in [0.15, 0.2) is 24.3 Å². The molecule has 0 fully saturated rings. The molecule has 0 aliphatic carbocycles. The smallest absolute Gasteiger partial charge is 0.258 e. The van der Waals surface area contributed by atoms with Crippen molar-refractivity contribution in [2.45, 2.75) is 13.3 Å². The van der Waals surface area contributed by atoms with Crippen molar-refractivity contribution in [1.29, 1.82) is 0 Å². The van der Waals surface area contributed by atoms with E-state index in [9.17, 15) is 10.1 Å². The van der Waals surface area contributed by atoms with Gasteiger partial charge in [-0.1, -0.05) is 19.1 Å². The van der Waals surface area contributed by atoms with E-state index in [2.05, 4.69) is 0 Å². The maximum Gasteiger partial charge on any atom is 0.269 e. The normalized spacial score (nSPS) is 9.75. The summed E-state index contributed by atoms with van der Waals surface area (Å²) in [5.74, 6) is 0. The average molecular weight is 164 g/mol. The monoisotopic (exact) mass is 164 g/mol. The number of nitro benzene ring substituents is 1. The molecule has 63 valence electrons. The van der Waals surface area contributed by atoms with Gasteiger partial charge in [0.1, 0.15) is 0 Å². The minimum atomic E-state index is -0.382. The number of non-ortho nitro benzene ring substituents is 1. The minimum Gasteiger partial charge on any atom is -0.258 e. The van der Waals surface area contributed by atoms with Crippen LogP contribution in [0.3, 0.4) is 0 Å². The van der Waals surface area contributed by atoms with E-state index in [1.165, 1.54) is 6.07 Å². The molecule has 0 saturated carbocycles. The van der Waals surface area contributed by atoms with Gasteiger partial charge in [0.05, 0.1) is 4.92 Å². The number of rotatable bonds is 3. The van der Waals surface area contributed by atoms with Crippen molar-refractivity contribution in [3.63, 3.8) is 0 Å². The highest BCUT2D eigenvalue weighted by molar-refractivity contribution is 5.37. The van der Waals surface area contributed by atoms with Crippen LogP contribution in [-0.4, -0.2) is 4.92 Å². The molecule has 0 heterocycles. The Labute approximate surface area is 71.2 Å². The van der Waals surface area contributed by atoms with Crippen molar-refractivity contribution in [2.24, 2.45) is 0 Å². The molecule has 0 aliphatic heterocycles. The second-order valence-electron chi connectivity index (χ2n) is 2.46. The number of nitrogens with zero attached hydrogens (tertiary/aromatic N) is 1. The van der Waals surface area contributed by atoms with Crippen LogP contribution in [0.2, 0.25) is 0 Å². The van der Waals surface area contributed by atoms with Crippen molar-refractivity contribution < 1.29 is 4.92 Å². The Bertz CT molecular complexity index is 284. The lowest BCUT2D eigenvalue weighted by Crippen LogP contribution is -1.88. The maximum absolute atomic E-state index is 10.3. The van der Waals surface area contributed by atoms with E-state index in [1.807, 2.05) is 19.4 Å². The van der Waals surface area contributed by atoms with Gasteiger partial charge in [0.15, 0.2) is 0 Å². The van der Waals surface area contributed by atoms with E-state index in [-0.39, 0.29) is 10.6 Å². The highest BCUT2D eigenvalue weighted by atomic mass is 16.6. The number of nitro groups is 1. The summed E-state index contributed by atoms with van der Waals surface area (Å²) in [7, 11) is 0. The van der Waals surface area contributed by atoms with Crippen molar-refractivity contribution in [2.75, 3.05) is 0 Å². The predicted molar refractivity (Wildman–Crippen MR) is 46.8 cm³/mol. The first kappa shape index (κ1) is 8.71. The molecule has 0 amide bonds. The van der Waals surface area contributed by atoms with Crippen LogP contribution < -0.4 is 0 Å². The fourth-order valence-corrected chi connectivity index (χ4v) is 1.00. The number of benzene rings is 1. The summed E-state index contributed by atoms with van der Waals surface area (Å²) in [4.78, 5) is 9.97. The molecule has 1 radical (unpaired) electrons. The fraction of sp³-hybridized carbons (Fsp3) is 0.222. The summed E-state index contributed by atoms with van der Waals surface area (Å²) >= 11 is 0. The summed E-state index contributed by atoms with van der Waals surface area (Å²) in [6.07, 6.45) is 2.84. The van der Waals surface area contributed by atoms with Crippen LogP contribution in [-0.2, 0) is 0 Å². The van der Waals surface area contributed by atoms with E-state index >= 15 is 0 Å². The highest BCUT2D eigenvalue weighted by Gasteiger charge is 2.04. The van der Waals surface area contributed by atoms with Crippen LogP contribution in [0.1, 0.15) is 18.9 Å². The first-order chi connectivity index (χ1) is 5.74. The van der Waals surface area contributed by atoms with Gasteiger partial charge < -0.3 is 0 Å². The Balaban J connectivity index is 2.88. The summed E-state index contributed by atoms with van der Waals surface area (Å²) in [5, 5.41) is 10.3. The standard InChI is InChI=1S/C9H10NO2/c1-2-4-8-5-3-6-9(7-8)10(11)12/h3-7H,2H2,1H3. The summed E-state index contributed by atoms with van der Waals surface area (Å²) < 4.78 is 0. The second kappa shape index (κ2) is 3.85. The van der Waals surface area contributed by atoms with Crippen LogP contribution in [0, 0.1) is 16.5 Å². The van der Waals surface area contributed by atoms with Gasteiger partial charge in [0.25, 0.3) is 5.69 Å². The number of hydrogen-bond acceptors (Lipinski definition) is 2. The largest absolute Gasteiger partial charge is 0.269 e. The van der Waals surface area contributed by atoms with Gasteiger partial charge in [-0.25, -0.2) is 0 Å². The van der Waals surface area contributed by atoms with E-state index in [1.54, 1.807) is 12.1 Å². The molecule has 0 saturated heterocycles. The van der Waals surface area contributed by atoms with Crippen molar-refractivity contribution in [3.8, 4) is 0 Å². The zero-order chi connectivity index (χ0) is 8.97. The molecule has 3 nitrogen and oxygen atoms in total.